The molecule has 0 radical (unpaired) electrons. The summed E-state index contributed by atoms with van der Waals surface area (Å²) in [6.45, 7) is 7.94. The van der Waals surface area contributed by atoms with E-state index < -0.39 is 5.54 Å². The maximum absolute atomic E-state index is 6.26. The van der Waals surface area contributed by atoms with Crippen LogP contribution in [0.3, 0.4) is 0 Å². The monoisotopic (exact) mass is 260 g/mol. The maximum atomic E-state index is 6.26. The molecule has 5 heteroatoms. The zero-order valence-corrected chi connectivity index (χ0v) is 11.9. The average Bonchev–Trinajstić information content (AvgIpc) is 2.87. The van der Waals surface area contributed by atoms with Gasteiger partial charge in [0, 0.05) is 17.0 Å². The van der Waals surface area contributed by atoms with Crippen LogP contribution in [0.5, 0.6) is 0 Å². The van der Waals surface area contributed by atoms with Gasteiger partial charge >= 0.3 is 0 Å². The molecule has 2 heterocycles. The predicted octanol–water partition coefficient (Wildman–Crippen LogP) is 2.72. The Bertz CT molecular complexity index is 552. The molecule has 19 heavy (non-hydrogen) atoms. The molecule has 2 aromatic rings. The van der Waals surface area contributed by atoms with E-state index in [0.29, 0.717) is 11.7 Å². The molecule has 0 bridgehead atoms. The molecule has 0 unspecified atom stereocenters. The van der Waals surface area contributed by atoms with Crippen LogP contribution in [0, 0.1) is 13.8 Å². The standard InChI is InChI=1S/C14H20N4O/c1-5-14(15,6-2)13-17-12(18-19-13)11-7-9(3)16-10(4)8-11/h7-8H,5-6,15H2,1-4H3. The summed E-state index contributed by atoms with van der Waals surface area (Å²) in [5.74, 6) is 1.07. The third-order valence-corrected chi connectivity index (χ3v) is 3.45. The van der Waals surface area contributed by atoms with Gasteiger partial charge < -0.3 is 10.3 Å². The third-order valence-electron chi connectivity index (χ3n) is 3.45. The Morgan fingerprint density at radius 2 is 1.68 bits per heavy atom. The summed E-state index contributed by atoms with van der Waals surface area (Å²) in [5, 5.41) is 4.04. The zero-order chi connectivity index (χ0) is 14.0. The maximum Gasteiger partial charge on any atom is 0.247 e. The quantitative estimate of drug-likeness (QED) is 0.914. The molecule has 2 N–H and O–H groups in total. The summed E-state index contributed by atoms with van der Waals surface area (Å²) >= 11 is 0. The summed E-state index contributed by atoms with van der Waals surface area (Å²) in [6.07, 6.45) is 1.53. The fourth-order valence-electron chi connectivity index (χ4n) is 2.06. The molecule has 2 aromatic heterocycles. The Labute approximate surface area is 113 Å². The van der Waals surface area contributed by atoms with Crippen molar-refractivity contribution in [3.05, 3.63) is 29.4 Å². The van der Waals surface area contributed by atoms with Crippen LogP contribution in [0.4, 0.5) is 0 Å². The van der Waals surface area contributed by atoms with Crippen molar-refractivity contribution in [1.29, 1.82) is 0 Å². The summed E-state index contributed by atoms with van der Waals surface area (Å²) < 4.78 is 5.34. The summed E-state index contributed by atoms with van der Waals surface area (Å²) in [4.78, 5) is 8.78. The SMILES string of the molecule is CCC(N)(CC)c1nc(-c2cc(C)nc(C)c2)no1. The van der Waals surface area contributed by atoms with Gasteiger partial charge in [-0.2, -0.15) is 4.98 Å². The second-order valence-corrected chi connectivity index (χ2v) is 4.92. The first-order chi connectivity index (χ1) is 8.98. The number of nitrogens with zero attached hydrogens (tertiary/aromatic N) is 3. The molecule has 0 aliphatic heterocycles. The van der Waals surface area contributed by atoms with Crippen LogP contribution in [0.1, 0.15) is 44.0 Å². The van der Waals surface area contributed by atoms with E-state index in [1.807, 2.05) is 39.8 Å². The van der Waals surface area contributed by atoms with Gasteiger partial charge in [0.1, 0.15) is 0 Å². The highest BCUT2D eigenvalue weighted by molar-refractivity contribution is 5.55. The van der Waals surface area contributed by atoms with Crippen molar-refractivity contribution in [2.24, 2.45) is 5.73 Å². The highest BCUT2D eigenvalue weighted by Crippen LogP contribution is 2.26. The van der Waals surface area contributed by atoms with E-state index in [9.17, 15) is 0 Å². The predicted molar refractivity (Wildman–Crippen MR) is 73.5 cm³/mol. The van der Waals surface area contributed by atoms with Crippen molar-refractivity contribution in [3.8, 4) is 11.4 Å². The first-order valence-corrected chi connectivity index (χ1v) is 6.57. The summed E-state index contributed by atoms with van der Waals surface area (Å²) in [5.41, 5.74) is 8.51. The lowest BCUT2D eigenvalue weighted by Crippen LogP contribution is -2.35. The Morgan fingerprint density at radius 1 is 1.11 bits per heavy atom. The average molecular weight is 260 g/mol. The number of nitrogens with two attached hydrogens (primary N) is 1. The summed E-state index contributed by atoms with van der Waals surface area (Å²) in [7, 11) is 0. The normalized spacial score (nSPS) is 11.8. The van der Waals surface area contributed by atoms with E-state index in [-0.39, 0.29) is 0 Å². The van der Waals surface area contributed by atoms with Crippen molar-refractivity contribution in [3.63, 3.8) is 0 Å². The van der Waals surface area contributed by atoms with Crippen LogP contribution >= 0.6 is 0 Å². The first kappa shape index (κ1) is 13.7. The number of aromatic nitrogens is 3. The minimum absolute atomic E-state index is 0.500. The van der Waals surface area contributed by atoms with Gasteiger partial charge in [-0.25, -0.2) is 0 Å². The number of hydrogen-bond acceptors (Lipinski definition) is 5. The van der Waals surface area contributed by atoms with E-state index in [0.717, 1.165) is 29.8 Å². The zero-order valence-electron chi connectivity index (χ0n) is 11.9. The Hall–Kier alpha value is -1.75. The van der Waals surface area contributed by atoms with Crippen molar-refractivity contribution in [2.75, 3.05) is 0 Å². The number of rotatable bonds is 4. The number of aryl methyl sites for hydroxylation is 2. The highest BCUT2D eigenvalue weighted by Gasteiger charge is 2.30. The molecule has 0 fully saturated rings. The lowest BCUT2D eigenvalue weighted by atomic mass is 9.94. The van der Waals surface area contributed by atoms with Crippen LogP contribution in [0.25, 0.3) is 11.4 Å². The van der Waals surface area contributed by atoms with E-state index in [4.69, 9.17) is 10.3 Å². The van der Waals surface area contributed by atoms with Crippen LogP contribution in [0.2, 0.25) is 0 Å². The van der Waals surface area contributed by atoms with E-state index in [2.05, 4.69) is 15.1 Å². The van der Waals surface area contributed by atoms with Gasteiger partial charge in [-0.3, -0.25) is 4.98 Å². The van der Waals surface area contributed by atoms with Gasteiger partial charge in [0.05, 0.1) is 5.54 Å². The van der Waals surface area contributed by atoms with Crippen molar-refractivity contribution in [1.82, 2.24) is 15.1 Å². The second kappa shape index (κ2) is 5.09. The van der Waals surface area contributed by atoms with E-state index in [1.54, 1.807) is 0 Å². The fraction of sp³-hybridized carbons (Fsp3) is 0.500. The van der Waals surface area contributed by atoms with Gasteiger partial charge in [0.15, 0.2) is 0 Å². The topological polar surface area (TPSA) is 77.8 Å². The van der Waals surface area contributed by atoms with E-state index in [1.165, 1.54) is 0 Å². The minimum atomic E-state index is -0.539. The molecule has 0 amide bonds. The molecule has 0 atom stereocenters. The van der Waals surface area contributed by atoms with Gasteiger partial charge in [-0.05, 0) is 38.8 Å². The highest BCUT2D eigenvalue weighted by atomic mass is 16.5. The van der Waals surface area contributed by atoms with Crippen LogP contribution in [0.15, 0.2) is 16.7 Å². The molecule has 0 saturated carbocycles. The Balaban J connectivity index is 2.40. The number of pyridine rings is 1. The first-order valence-electron chi connectivity index (χ1n) is 6.57. The largest absolute Gasteiger partial charge is 0.337 e. The van der Waals surface area contributed by atoms with Crippen molar-refractivity contribution >= 4 is 0 Å². The van der Waals surface area contributed by atoms with Crippen LogP contribution in [-0.2, 0) is 5.54 Å². The van der Waals surface area contributed by atoms with Crippen molar-refractivity contribution in [2.45, 2.75) is 46.1 Å². The Morgan fingerprint density at radius 3 is 2.21 bits per heavy atom. The van der Waals surface area contributed by atoms with Gasteiger partial charge in [-0.15, -0.1) is 0 Å². The molecular weight excluding hydrogens is 240 g/mol. The van der Waals surface area contributed by atoms with E-state index >= 15 is 0 Å². The molecule has 5 nitrogen and oxygen atoms in total. The molecular formula is C14H20N4O. The Kier molecular flexibility index (Phi) is 3.66. The molecule has 0 saturated heterocycles. The van der Waals surface area contributed by atoms with Crippen LogP contribution in [-0.4, -0.2) is 15.1 Å². The molecule has 0 spiro atoms. The van der Waals surface area contributed by atoms with Gasteiger partial charge in [0.25, 0.3) is 0 Å². The van der Waals surface area contributed by atoms with Crippen LogP contribution < -0.4 is 5.73 Å². The van der Waals surface area contributed by atoms with Gasteiger partial charge in [-0.1, -0.05) is 19.0 Å². The molecule has 0 aromatic carbocycles. The smallest absolute Gasteiger partial charge is 0.247 e. The second-order valence-electron chi connectivity index (χ2n) is 4.92. The lowest BCUT2D eigenvalue weighted by Gasteiger charge is -2.20. The fourth-order valence-corrected chi connectivity index (χ4v) is 2.06. The molecule has 102 valence electrons. The van der Waals surface area contributed by atoms with Crippen molar-refractivity contribution < 1.29 is 4.52 Å². The molecule has 0 aliphatic rings. The minimum Gasteiger partial charge on any atom is -0.337 e. The lowest BCUT2D eigenvalue weighted by molar-refractivity contribution is 0.268. The third kappa shape index (κ3) is 2.66. The summed E-state index contributed by atoms with van der Waals surface area (Å²) in [6, 6.07) is 3.88. The number of hydrogen-bond donors (Lipinski definition) is 1. The molecule has 2 rings (SSSR count). The molecule has 0 aliphatic carbocycles. The van der Waals surface area contributed by atoms with Gasteiger partial charge in [0.2, 0.25) is 11.7 Å².